The Balaban J connectivity index is 2.91. The van der Waals surface area contributed by atoms with Crippen LogP contribution in [0.1, 0.15) is 35.8 Å². The quantitative estimate of drug-likeness (QED) is 0.825. The number of carboxylic acid groups (broad SMARTS) is 1. The Bertz CT molecular complexity index is 469. The second-order valence-electron chi connectivity index (χ2n) is 4.42. The summed E-state index contributed by atoms with van der Waals surface area (Å²) >= 11 is 1.03. The molecule has 1 heterocycles. The molecular formula is C12H19N3O3S. The number of aromatic nitrogens is 1. The predicted molar refractivity (Wildman–Crippen MR) is 74.7 cm³/mol. The number of anilines is 1. The van der Waals surface area contributed by atoms with Gasteiger partial charge in [0.1, 0.15) is 10.6 Å². The molecule has 3 N–H and O–H groups in total. The highest BCUT2D eigenvalue weighted by atomic mass is 32.1. The molecule has 0 saturated heterocycles. The summed E-state index contributed by atoms with van der Waals surface area (Å²) in [6.07, 6.45) is 1.14. The third-order valence-electron chi connectivity index (χ3n) is 3.11. The van der Waals surface area contributed by atoms with Crippen LogP contribution >= 0.6 is 11.5 Å². The van der Waals surface area contributed by atoms with Gasteiger partial charge in [0.2, 0.25) is 5.91 Å². The topological polar surface area (TPSA) is 96.5 Å². The van der Waals surface area contributed by atoms with Crippen LogP contribution in [0, 0.1) is 12.8 Å². The SMILES string of the molecule is CCC(CN)CC(=O)N(C)c1snc(C)c1C(=O)O. The van der Waals surface area contributed by atoms with Crippen molar-refractivity contribution in [2.75, 3.05) is 18.5 Å². The van der Waals surface area contributed by atoms with Gasteiger partial charge in [0.25, 0.3) is 0 Å². The number of hydrogen-bond acceptors (Lipinski definition) is 5. The van der Waals surface area contributed by atoms with Gasteiger partial charge < -0.3 is 15.7 Å². The zero-order valence-electron chi connectivity index (χ0n) is 11.3. The van der Waals surface area contributed by atoms with E-state index in [1.165, 1.54) is 4.90 Å². The molecule has 1 amide bonds. The molecule has 1 aromatic rings. The lowest BCUT2D eigenvalue weighted by Gasteiger charge is -2.19. The average Bonchev–Trinajstić information content (AvgIpc) is 2.76. The van der Waals surface area contributed by atoms with Gasteiger partial charge in [-0.25, -0.2) is 4.79 Å². The van der Waals surface area contributed by atoms with E-state index >= 15 is 0 Å². The van der Waals surface area contributed by atoms with Gasteiger partial charge >= 0.3 is 5.97 Å². The number of hydrogen-bond donors (Lipinski definition) is 2. The normalized spacial score (nSPS) is 12.2. The lowest BCUT2D eigenvalue weighted by Crippen LogP contribution is -2.30. The maximum atomic E-state index is 12.1. The second-order valence-corrected chi connectivity index (χ2v) is 5.17. The van der Waals surface area contributed by atoms with Crippen molar-refractivity contribution in [2.45, 2.75) is 26.7 Å². The molecule has 0 fully saturated rings. The first-order valence-corrected chi connectivity index (χ1v) is 6.85. The van der Waals surface area contributed by atoms with Gasteiger partial charge in [-0.1, -0.05) is 13.3 Å². The molecule has 1 aromatic heterocycles. The third kappa shape index (κ3) is 3.51. The molecule has 6 nitrogen and oxygen atoms in total. The van der Waals surface area contributed by atoms with Crippen LogP contribution in [0.25, 0.3) is 0 Å². The average molecular weight is 285 g/mol. The minimum atomic E-state index is -1.06. The molecule has 1 unspecified atom stereocenters. The Kier molecular flexibility index (Phi) is 5.44. The third-order valence-corrected chi connectivity index (χ3v) is 4.13. The first-order valence-electron chi connectivity index (χ1n) is 6.08. The summed E-state index contributed by atoms with van der Waals surface area (Å²) in [6.45, 7) is 4.05. The number of amides is 1. The number of carbonyl (C=O) groups excluding carboxylic acids is 1. The minimum absolute atomic E-state index is 0.0987. The van der Waals surface area contributed by atoms with E-state index in [-0.39, 0.29) is 17.4 Å². The zero-order valence-corrected chi connectivity index (χ0v) is 12.2. The van der Waals surface area contributed by atoms with Crippen molar-refractivity contribution in [1.29, 1.82) is 0 Å². The first kappa shape index (κ1) is 15.6. The molecule has 0 aromatic carbocycles. The number of rotatable bonds is 6. The van der Waals surface area contributed by atoms with E-state index in [1.807, 2.05) is 6.92 Å². The molecule has 0 aliphatic rings. The van der Waals surface area contributed by atoms with Crippen molar-refractivity contribution >= 4 is 28.4 Å². The van der Waals surface area contributed by atoms with Crippen LogP contribution in [-0.2, 0) is 4.79 Å². The Morgan fingerprint density at radius 1 is 1.53 bits per heavy atom. The van der Waals surface area contributed by atoms with Crippen molar-refractivity contribution in [2.24, 2.45) is 11.7 Å². The molecule has 0 saturated carbocycles. The van der Waals surface area contributed by atoms with Crippen molar-refractivity contribution in [3.63, 3.8) is 0 Å². The van der Waals surface area contributed by atoms with Crippen LogP contribution in [-0.4, -0.2) is 34.9 Å². The molecule has 106 valence electrons. The lowest BCUT2D eigenvalue weighted by atomic mass is 10.0. The largest absolute Gasteiger partial charge is 0.478 e. The van der Waals surface area contributed by atoms with Crippen LogP contribution in [0.2, 0.25) is 0 Å². The fourth-order valence-corrected chi connectivity index (χ4v) is 2.59. The molecule has 7 heteroatoms. The minimum Gasteiger partial charge on any atom is -0.478 e. The Labute approximate surface area is 116 Å². The summed E-state index contributed by atoms with van der Waals surface area (Å²) in [5.41, 5.74) is 6.11. The number of aromatic carboxylic acids is 1. The highest BCUT2D eigenvalue weighted by Gasteiger charge is 2.24. The van der Waals surface area contributed by atoms with E-state index in [1.54, 1.807) is 14.0 Å². The van der Waals surface area contributed by atoms with Gasteiger partial charge in [-0.3, -0.25) is 4.79 Å². The first-order chi connectivity index (χ1) is 8.92. The van der Waals surface area contributed by atoms with Crippen molar-refractivity contribution in [3.05, 3.63) is 11.3 Å². The lowest BCUT2D eigenvalue weighted by molar-refractivity contribution is -0.119. The van der Waals surface area contributed by atoms with Crippen molar-refractivity contribution in [3.8, 4) is 0 Å². The smallest absolute Gasteiger partial charge is 0.340 e. The number of carbonyl (C=O) groups is 2. The predicted octanol–water partition coefficient (Wildman–Crippen LogP) is 1.49. The molecule has 0 radical (unpaired) electrons. The van der Waals surface area contributed by atoms with E-state index in [9.17, 15) is 9.59 Å². The molecule has 0 spiro atoms. The molecule has 19 heavy (non-hydrogen) atoms. The molecule has 1 rings (SSSR count). The van der Waals surface area contributed by atoms with Crippen LogP contribution < -0.4 is 10.6 Å². The number of nitrogens with two attached hydrogens (primary N) is 1. The second kappa shape index (κ2) is 6.63. The van der Waals surface area contributed by atoms with E-state index in [4.69, 9.17) is 10.8 Å². The maximum Gasteiger partial charge on any atom is 0.340 e. The van der Waals surface area contributed by atoms with Crippen molar-refractivity contribution in [1.82, 2.24) is 4.37 Å². The Morgan fingerprint density at radius 3 is 2.63 bits per heavy atom. The van der Waals surface area contributed by atoms with E-state index in [0.29, 0.717) is 23.7 Å². The van der Waals surface area contributed by atoms with E-state index in [2.05, 4.69) is 4.37 Å². The molecule has 1 atom stereocenters. The van der Waals surface area contributed by atoms with Gasteiger partial charge in [-0.15, -0.1) is 0 Å². The van der Waals surface area contributed by atoms with E-state index < -0.39 is 5.97 Å². The van der Waals surface area contributed by atoms with Crippen LogP contribution in [0.3, 0.4) is 0 Å². The van der Waals surface area contributed by atoms with Crippen LogP contribution in [0.5, 0.6) is 0 Å². The molecule has 0 aliphatic heterocycles. The maximum absolute atomic E-state index is 12.1. The number of nitrogens with zero attached hydrogens (tertiary/aromatic N) is 2. The summed E-state index contributed by atoms with van der Waals surface area (Å²) in [7, 11) is 1.57. The fourth-order valence-electron chi connectivity index (χ4n) is 1.72. The summed E-state index contributed by atoms with van der Waals surface area (Å²) in [6, 6.07) is 0. The highest BCUT2D eigenvalue weighted by molar-refractivity contribution is 7.11. The Hall–Kier alpha value is -1.47. The Morgan fingerprint density at radius 2 is 2.16 bits per heavy atom. The summed E-state index contributed by atoms with van der Waals surface area (Å²) < 4.78 is 4.00. The van der Waals surface area contributed by atoms with Gasteiger partial charge in [0, 0.05) is 13.5 Å². The summed E-state index contributed by atoms with van der Waals surface area (Å²) in [5.74, 6) is -1.08. The van der Waals surface area contributed by atoms with Gasteiger partial charge in [-0.05, 0) is 30.9 Å². The number of carboxylic acids is 1. The van der Waals surface area contributed by atoms with Crippen LogP contribution in [0.15, 0.2) is 0 Å². The van der Waals surface area contributed by atoms with E-state index in [0.717, 1.165) is 18.0 Å². The van der Waals surface area contributed by atoms with Crippen molar-refractivity contribution < 1.29 is 14.7 Å². The van der Waals surface area contributed by atoms with Gasteiger partial charge in [0.05, 0.1) is 5.69 Å². The zero-order chi connectivity index (χ0) is 14.6. The van der Waals surface area contributed by atoms with Gasteiger partial charge in [0.15, 0.2) is 0 Å². The molecular weight excluding hydrogens is 266 g/mol. The number of aryl methyl sites for hydroxylation is 1. The summed E-state index contributed by atoms with van der Waals surface area (Å²) in [5, 5.41) is 9.53. The summed E-state index contributed by atoms with van der Waals surface area (Å²) in [4.78, 5) is 24.7. The monoisotopic (exact) mass is 285 g/mol. The molecule has 0 aliphatic carbocycles. The molecule has 0 bridgehead atoms. The van der Waals surface area contributed by atoms with Gasteiger partial charge in [-0.2, -0.15) is 4.37 Å². The van der Waals surface area contributed by atoms with Crippen LogP contribution in [0.4, 0.5) is 5.00 Å². The standard InChI is InChI=1S/C12H19N3O3S/c1-4-8(6-13)5-9(16)15(3)11-10(12(17)18)7(2)14-19-11/h8H,4-6,13H2,1-3H3,(H,17,18). The fraction of sp³-hybridized carbons (Fsp3) is 0.583. The highest BCUT2D eigenvalue weighted by Crippen LogP contribution is 2.28.